The van der Waals surface area contributed by atoms with Gasteiger partial charge in [-0.15, -0.1) is 0 Å². The molecule has 0 saturated carbocycles. The first kappa shape index (κ1) is 15.7. The molecule has 1 aliphatic heterocycles. The Kier molecular flexibility index (Phi) is 4.47. The molecule has 0 aliphatic carbocycles. The van der Waals surface area contributed by atoms with E-state index in [9.17, 15) is 12.8 Å². The van der Waals surface area contributed by atoms with E-state index in [1.807, 2.05) is 6.07 Å². The van der Waals surface area contributed by atoms with Crippen LogP contribution in [-0.2, 0) is 15.8 Å². The van der Waals surface area contributed by atoms with Crippen molar-refractivity contribution < 1.29 is 12.8 Å². The average molecular weight is 335 g/mol. The Balaban J connectivity index is 1.66. The van der Waals surface area contributed by atoms with E-state index < -0.39 is 10.0 Å². The van der Waals surface area contributed by atoms with Gasteiger partial charge in [0.1, 0.15) is 11.6 Å². The van der Waals surface area contributed by atoms with Crippen LogP contribution in [0.2, 0.25) is 0 Å². The summed E-state index contributed by atoms with van der Waals surface area (Å²) in [6.07, 6.45) is 3.84. The van der Waals surface area contributed by atoms with Gasteiger partial charge in [0.05, 0.1) is 17.6 Å². The fraction of sp³-hybridized carbons (Fsp3) is 0.312. The third-order valence-corrected chi connectivity index (χ3v) is 4.98. The molecule has 1 N–H and O–H groups in total. The maximum atomic E-state index is 12.9. The van der Waals surface area contributed by atoms with Crippen LogP contribution in [0.15, 0.2) is 42.6 Å². The van der Waals surface area contributed by atoms with Gasteiger partial charge >= 0.3 is 0 Å². The van der Waals surface area contributed by atoms with Crippen LogP contribution in [0.1, 0.15) is 18.4 Å². The minimum Gasteiger partial charge on any atom is -0.357 e. The molecule has 0 radical (unpaired) electrons. The van der Waals surface area contributed by atoms with Gasteiger partial charge in [-0.25, -0.2) is 17.8 Å². The molecule has 7 heteroatoms. The molecule has 1 aromatic heterocycles. The highest BCUT2D eigenvalue weighted by Gasteiger charge is 2.15. The SMILES string of the molecule is O=S(=O)(Cc1ccc(F)cc1)Nc1ccc(N2CCCC2)nc1. The maximum absolute atomic E-state index is 12.9. The van der Waals surface area contributed by atoms with E-state index in [0.717, 1.165) is 31.7 Å². The van der Waals surface area contributed by atoms with Crippen LogP contribution in [0.5, 0.6) is 0 Å². The largest absolute Gasteiger partial charge is 0.357 e. The standard InChI is InChI=1S/C16H18FN3O2S/c17-14-5-3-13(4-6-14)12-23(21,22)19-15-7-8-16(18-11-15)20-9-1-2-10-20/h3-8,11,19H,1-2,9-10,12H2. The molecule has 0 unspecified atom stereocenters. The zero-order valence-corrected chi connectivity index (χ0v) is 13.4. The van der Waals surface area contributed by atoms with Gasteiger partial charge in [-0.3, -0.25) is 4.72 Å². The first-order valence-electron chi connectivity index (χ1n) is 7.48. The van der Waals surface area contributed by atoms with Crippen LogP contribution < -0.4 is 9.62 Å². The molecule has 0 bridgehead atoms. The summed E-state index contributed by atoms with van der Waals surface area (Å²) in [5, 5.41) is 0. The fourth-order valence-corrected chi connectivity index (χ4v) is 3.78. The molecule has 23 heavy (non-hydrogen) atoms. The minimum atomic E-state index is -3.56. The van der Waals surface area contributed by atoms with Crippen molar-refractivity contribution in [1.29, 1.82) is 0 Å². The maximum Gasteiger partial charge on any atom is 0.236 e. The van der Waals surface area contributed by atoms with E-state index in [2.05, 4.69) is 14.6 Å². The van der Waals surface area contributed by atoms with Crippen LogP contribution in [0.4, 0.5) is 15.9 Å². The first-order valence-corrected chi connectivity index (χ1v) is 9.13. The molecule has 0 atom stereocenters. The highest BCUT2D eigenvalue weighted by Crippen LogP contribution is 2.20. The van der Waals surface area contributed by atoms with Gasteiger partial charge in [0, 0.05) is 13.1 Å². The van der Waals surface area contributed by atoms with Crippen molar-refractivity contribution in [3.63, 3.8) is 0 Å². The Morgan fingerprint density at radius 1 is 1.09 bits per heavy atom. The number of aromatic nitrogens is 1. The summed E-state index contributed by atoms with van der Waals surface area (Å²) in [6, 6.07) is 8.95. The molecule has 3 rings (SSSR count). The summed E-state index contributed by atoms with van der Waals surface area (Å²) < 4.78 is 39.7. The van der Waals surface area contributed by atoms with E-state index in [4.69, 9.17) is 0 Å². The number of hydrogen-bond acceptors (Lipinski definition) is 4. The van der Waals surface area contributed by atoms with Gasteiger partial charge in [-0.1, -0.05) is 12.1 Å². The Hall–Kier alpha value is -2.15. The number of nitrogens with zero attached hydrogens (tertiary/aromatic N) is 2. The summed E-state index contributed by atoms with van der Waals surface area (Å²) in [5.74, 6) is 0.269. The molecule has 2 aromatic rings. The fourth-order valence-electron chi connectivity index (χ4n) is 2.60. The number of benzene rings is 1. The van der Waals surface area contributed by atoms with Gasteiger partial charge in [0.2, 0.25) is 10.0 Å². The van der Waals surface area contributed by atoms with Gasteiger partial charge in [0.25, 0.3) is 0 Å². The van der Waals surface area contributed by atoms with Crippen LogP contribution in [0, 0.1) is 5.82 Å². The molecule has 0 amide bonds. The van der Waals surface area contributed by atoms with Crippen LogP contribution >= 0.6 is 0 Å². The van der Waals surface area contributed by atoms with E-state index in [1.54, 1.807) is 6.07 Å². The predicted molar refractivity (Wildman–Crippen MR) is 88.3 cm³/mol. The van der Waals surface area contributed by atoms with Crippen molar-refractivity contribution in [3.05, 3.63) is 54.0 Å². The van der Waals surface area contributed by atoms with E-state index >= 15 is 0 Å². The topological polar surface area (TPSA) is 62.3 Å². The molecule has 5 nitrogen and oxygen atoms in total. The van der Waals surface area contributed by atoms with E-state index in [1.165, 1.54) is 30.5 Å². The molecule has 1 fully saturated rings. The van der Waals surface area contributed by atoms with Gasteiger partial charge in [0.15, 0.2) is 0 Å². The summed E-state index contributed by atoms with van der Waals surface area (Å²) in [7, 11) is -3.56. The van der Waals surface area contributed by atoms with Crippen molar-refractivity contribution in [3.8, 4) is 0 Å². The Morgan fingerprint density at radius 2 is 1.78 bits per heavy atom. The van der Waals surface area contributed by atoms with Crippen molar-refractivity contribution in [1.82, 2.24) is 4.98 Å². The average Bonchev–Trinajstić information content (AvgIpc) is 3.04. The van der Waals surface area contributed by atoms with Crippen molar-refractivity contribution in [2.75, 3.05) is 22.7 Å². The quantitative estimate of drug-likeness (QED) is 0.913. The molecule has 1 aromatic carbocycles. The van der Waals surface area contributed by atoms with E-state index in [0.29, 0.717) is 11.3 Å². The highest BCUT2D eigenvalue weighted by atomic mass is 32.2. The van der Waals surface area contributed by atoms with Crippen molar-refractivity contribution in [2.45, 2.75) is 18.6 Å². The highest BCUT2D eigenvalue weighted by molar-refractivity contribution is 7.91. The number of nitrogens with one attached hydrogen (secondary N) is 1. The van der Waals surface area contributed by atoms with Gasteiger partial charge in [-0.05, 0) is 42.7 Å². The lowest BCUT2D eigenvalue weighted by Gasteiger charge is -2.16. The number of pyridine rings is 1. The molecule has 1 saturated heterocycles. The van der Waals surface area contributed by atoms with Crippen LogP contribution in [0.3, 0.4) is 0 Å². The van der Waals surface area contributed by atoms with Crippen molar-refractivity contribution >= 4 is 21.5 Å². The Labute approximate surface area is 135 Å². The van der Waals surface area contributed by atoms with Crippen LogP contribution in [0.25, 0.3) is 0 Å². The van der Waals surface area contributed by atoms with Gasteiger partial charge in [-0.2, -0.15) is 0 Å². The predicted octanol–water partition coefficient (Wildman–Crippen LogP) is 2.76. The summed E-state index contributed by atoms with van der Waals surface area (Å²) in [5.41, 5.74) is 0.954. The second kappa shape index (κ2) is 6.54. The monoisotopic (exact) mass is 335 g/mol. The number of sulfonamides is 1. The third-order valence-electron chi connectivity index (χ3n) is 3.72. The number of rotatable bonds is 5. The molecule has 122 valence electrons. The number of anilines is 2. The summed E-state index contributed by atoms with van der Waals surface area (Å²) in [6.45, 7) is 1.98. The Bertz CT molecular complexity index is 755. The normalized spacial score (nSPS) is 14.9. The minimum absolute atomic E-state index is 0.207. The second-order valence-electron chi connectivity index (χ2n) is 5.59. The summed E-state index contributed by atoms with van der Waals surface area (Å²) in [4.78, 5) is 6.49. The summed E-state index contributed by atoms with van der Waals surface area (Å²) >= 11 is 0. The van der Waals surface area contributed by atoms with Gasteiger partial charge < -0.3 is 4.90 Å². The third kappa shape index (κ3) is 4.19. The molecular formula is C16H18FN3O2S. The first-order chi connectivity index (χ1) is 11.0. The second-order valence-corrected chi connectivity index (χ2v) is 7.31. The lowest BCUT2D eigenvalue weighted by Crippen LogP contribution is -2.19. The number of halogens is 1. The zero-order chi connectivity index (χ0) is 16.3. The smallest absolute Gasteiger partial charge is 0.236 e. The molecular weight excluding hydrogens is 317 g/mol. The molecule has 1 aliphatic rings. The molecule has 0 spiro atoms. The van der Waals surface area contributed by atoms with Crippen molar-refractivity contribution in [2.24, 2.45) is 0 Å². The zero-order valence-electron chi connectivity index (χ0n) is 12.6. The van der Waals surface area contributed by atoms with Crippen LogP contribution in [-0.4, -0.2) is 26.5 Å². The Morgan fingerprint density at radius 3 is 2.39 bits per heavy atom. The lowest BCUT2D eigenvalue weighted by atomic mass is 10.2. The number of hydrogen-bond donors (Lipinski definition) is 1. The lowest BCUT2D eigenvalue weighted by molar-refractivity contribution is 0.600. The van der Waals surface area contributed by atoms with E-state index in [-0.39, 0.29) is 11.6 Å². The molecule has 2 heterocycles.